The van der Waals surface area contributed by atoms with Crippen molar-refractivity contribution in [3.8, 4) is 11.5 Å². The highest BCUT2D eigenvalue weighted by Crippen LogP contribution is 2.33. The number of thiazole rings is 1. The quantitative estimate of drug-likeness (QED) is 0.543. The predicted octanol–water partition coefficient (Wildman–Crippen LogP) is -0.462. The minimum Gasteiger partial charge on any atom is -1.00 e. The smallest absolute Gasteiger partial charge is 0.235 e. The van der Waals surface area contributed by atoms with Crippen molar-refractivity contribution in [1.29, 1.82) is 0 Å². The van der Waals surface area contributed by atoms with E-state index in [4.69, 9.17) is 9.47 Å². The minimum absolute atomic E-state index is 0. The van der Waals surface area contributed by atoms with Gasteiger partial charge in [0.2, 0.25) is 10.5 Å². The molecule has 3 nitrogen and oxygen atoms in total. The van der Waals surface area contributed by atoms with Gasteiger partial charge in [-0.2, -0.15) is 4.57 Å². The van der Waals surface area contributed by atoms with Gasteiger partial charge >= 0.3 is 0 Å². The lowest BCUT2D eigenvalue weighted by Gasteiger charge is -2.05. The molecule has 2 aromatic rings. The maximum Gasteiger partial charge on any atom is 0.235 e. The van der Waals surface area contributed by atoms with Crippen LogP contribution in [0.25, 0.3) is 10.2 Å². The molecule has 5 heteroatoms. The lowest BCUT2D eigenvalue weighted by molar-refractivity contribution is -0.669. The van der Waals surface area contributed by atoms with Gasteiger partial charge in [0.15, 0.2) is 11.5 Å². The van der Waals surface area contributed by atoms with Gasteiger partial charge in [0.1, 0.15) is 11.2 Å². The average Bonchev–Trinajstić information content (AvgIpc) is 2.61. The van der Waals surface area contributed by atoms with E-state index in [0.29, 0.717) is 0 Å². The van der Waals surface area contributed by atoms with Gasteiger partial charge in [-0.15, -0.1) is 0 Å². The lowest BCUT2D eigenvalue weighted by atomic mass is 10.3. The Bertz CT molecular complexity index is 525. The Labute approximate surface area is 122 Å². The molecule has 0 saturated carbocycles. The third-order valence-corrected chi connectivity index (χ3v) is 3.77. The first-order valence-electron chi connectivity index (χ1n) is 5.26. The van der Waals surface area contributed by atoms with Gasteiger partial charge in [0.25, 0.3) is 0 Å². The fourth-order valence-corrected chi connectivity index (χ4v) is 3.01. The molecule has 0 radical (unpaired) electrons. The van der Waals surface area contributed by atoms with Crippen LogP contribution in [0.15, 0.2) is 12.1 Å². The summed E-state index contributed by atoms with van der Waals surface area (Å²) in [7, 11) is 3.33. The zero-order valence-electron chi connectivity index (χ0n) is 10.4. The topological polar surface area (TPSA) is 22.3 Å². The molecule has 0 amide bonds. The van der Waals surface area contributed by atoms with E-state index < -0.39 is 0 Å². The molecular formula is C12H16INO2S. The molecule has 2 rings (SSSR count). The third-order valence-electron chi connectivity index (χ3n) is 2.71. The van der Waals surface area contributed by atoms with Crippen LogP contribution in [0.3, 0.4) is 0 Å². The van der Waals surface area contributed by atoms with Crippen LogP contribution in [0.2, 0.25) is 0 Å². The number of fused-ring (bicyclic) bond motifs is 1. The van der Waals surface area contributed by atoms with Gasteiger partial charge in [-0.05, 0) is 6.92 Å². The first-order valence-corrected chi connectivity index (χ1v) is 6.07. The number of methoxy groups -OCH3 is 2. The third kappa shape index (κ3) is 2.49. The van der Waals surface area contributed by atoms with Crippen molar-refractivity contribution in [3.63, 3.8) is 0 Å². The Hall–Kier alpha value is -0.560. The highest BCUT2D eigenvalue weighted by Gasteiger charge is 2.18. The summed E-state index contributed by atoms with van der Waals surface area (Å²) < 4.78 is 14.1. The van der Waals surface area contributed by atoms with E-state index in [2.05, 4.69) is 18.4 Å². The number of benzene rings is 1. The number of hydrogen-bond donors (Lipinski definition) is 0. The van der Waals surface area contributed by atoms with Crippen molar-refractivity contribution in [3.05, 3.63) is 17.1 Å². The Morgan fingerprint density at radius 1 is 1.18 bits per heavy atom. The summed E-state index contributed by atoms with van der Waals surface area (Å²) in [5.74, 6) is 1.58. The van der Waals surface area contributed by atoms with E-state index in [9.17, 15) is 0 Å². The molecule has 94 valence electrons. The highest BCUT2D eigenvalue weighted by molar-refractivity contribution is 7.18. The van der Waals surface area contributed by atoms with Crippen molar-refractivity contribution in [1.82, 2.24) is 0 Å². The summed E-state index contributed by atoms with van der Waals surface area (Å²) in [5.41, 5.74) is 1.21. The van der Waals surface area contributed by atoms with Gasteiger partial charge in [-0.25, -0.2) is 0 Å². The molecule has 0 aliphatic heterocycles. The Balaban J connectivity index is 0.00000144. The Kier molecular flexibility index (Phi) is 5.00. The molecular weight excluding hydrogens is 349 g/mol. The first-order chi connectivity index (χ1) is 7.71. The van der Waals surface area contributed by atoms with E-state index in [1.807, 2.05) is 12.1 Å². The van der Waals surface area contributed by atoms with E-state index in [1.54, 1.807) is 25.6 Å². The van der Waals surface area contributed by atoms with Gasteiger partial charge in [0, 0.05) is 13.0 Å². The van der Waals surface area contributed by atoms with Crippen LogP contribution in [-0.2, 0) is 6.54 Å². The Morgan fingerprint density at radius 2 is 1.76 bits per heavy atom. The van der Waals surface area contributed by atoms with Crippen LogP contribution in [0.5, 0.6) is 11.5 Å². The number of aryl methyl sites for hydroxylation is 2. The van der Waals surface area contributed by atoms with Crippen LogP contribution in [0, 0.1) is 6.92 Å². The van der Waals surface area contributed by atoms with Crippen molar-refractivity contribution in [2.75, 3.05) is 14.2 Å². The highest BCUT2D eigenvalue weighted by atomic mass is 127. The van der Waals surface area contributed by atoms with Crippen LogP contribution < -0.4 is 38.0 Å². The molecule has 0 spiro atoms. The molecule has 0 aliphatic carbocycles. The summed E-state index contributed by atoms with van der Waals surface area (Å²) in [6.45, 7) is 5.25. The summed E-state index contributed by atoms with van der Waals surface area (Å²) >= 11 is 1.78. The maximum absolute atomic E-state index is 5.32. The van der Waals surface area contributed by atoms with Crippen LogP contribution in [-0.4, -0.2) is 14.2 Å². The molecule has 0 unspecified atom stereocenters. The van der Waals surface area contributed by atoms with Crippen LogP contribution in [0.4, 0.5) is 0 Å². The van der Waals surface area contributed by atoms with Crippen molar-refractivity contribution < 1.29 is 38.0 Å². The van der Waals surface area contributed by atoms with E-state index in [0.717, 1.165) is 18.0 Å². The average molecular weight is 365 g/mol. The second kappa shape index (κ2) is 5.86. The number of halogens is 1. The second-order valence-electron chi connectivity index (χ2n) is 3.54. The van der Waals surface area contributed by atoms with Gasteiger partial charge in [-0.1, -0.05) is 11.3 Å². The molecule has 17 heavy (non-hydrogen) atoms. The lowest BCUT2D eigenvalue weighted by Crippen LogP contribution is -3.00. The number of rotatable bonds is 3. The number of nitrogens with zero attached hydrogens (tertiary/aromatic N) is 1. The van der Waals surface area contributed by atoms with E-state index in [1.165, 1.54) is 15.2 Å². The standard InChI is InChI=1S/C12H16NO2S.HI/c1-5-13-8(2)16-12-7-11(15-4)10(14-3)6-9(12)13;/h6-7H,5H2,1-4H3;1H/q+1;/p-1. The Morgan fingerprint density at radius 3 is 2.29 bits per heavy atom. The van der Waals surface area contributed by atoms with Gasteiger partial charge in [0.05, 0.1) is 20.3 Å². The van der Waals surface area contributed by atoms with E-state index in [-0.39, 0.29) is 24.0 Å². The zero-order chi connectivity index (χ0) is 11.7. The monoisotopic (exact) mass is 365 g/mol. The summed E-state index contributed by atoms with van der Waals surface area (Å²) in [6.07, 6.45) is 0. The molecule has 1 aromatic carbocycles. The molecule has 0 N–H and O–H groups in total. The number of aromatic nitrogens is 1. The molecule has 1 aromatic heterocycles. The summed E-state index contributed by atoms with van der Waals surface area (Å²) in [4.78, 5) is 0. The predicted molar refractivity (Wildman–Crippen MR) is 65.5 cm³/mol. The maximum atomic E-state index is 5.32. The fourth-order valence-electron chi connectivity index (χ4n) is 1.92. The SMILES string of the molecule is CC[n+]1c(C)sc2cc(OC)c(OC)cc21.[I-]. The van der Waals surface area contributed by atoms with Crippen LogP contribution in [0.1, 0.15) is 11.9 Å². The van der Waals surface area contributed by atoms with Crippen LogP contribution >= 0.6 is 11.3 Å². The normalized spacial score (nSPS) is 10.1. The molecule has 0 aliphatic rings. The minimum atomic E-state index is 0. The molecule has 0 bridgehead atoms. The molecule has 0 saturated heterocycles. The zero-order valence-corrected chi connectivity index (χ0v) is 13.4. The summed E-state index contributed by atoms with van der Waals surface area (Å²) in [5, 5.41) is 1.30. The summed E-state index contributed by atoms with van der Waals surface area (Å²) in [6, 6.07) is 4.08. The van der Waals surface area contributed by atoms with Crippen molar-refractivity contribution in [2.24, 2.45) is 0 Å². The number of ether oxygens (including phenoxy) is 2. The van der Waals surface area contributed by atoms with E-state index >= 15 is 0 Å². The molecule has 1 heterocycles. The van der Waals surface area contributed by atoms with Gasteiger partial charge < -0.3 is 33.5 Å². The second-order valence-corrected chi connectivity index (χ2v) is 4.78. The fraction of sp³-hybridized carbons (Fsp3) is 0.417. The van der Waals surface area contributed by atoms with Crippen molar-refractivity contribution in [2.45, 2.75) is 20.4 Å². The largest absolute Gasteiger partial charge is 1.00 e. The van der Waals surface area contributed by atoms with Gasteiger partial charge in [-0.3, -0.25) is 0 Å². The molecule has 0 fully saturated rings. The molecule has 0 atom stereocenters. The van der Waals surface area contributed by atoms with Crippen molar-refractivity contribution >= 4 is 21.6 Å². The first kappa shape index (κ1) is 14.5. The number of hydrogen-bond acceptors (Lipinski definition) is 3.